The van der Waals surface area contributed by atoms with Gasteiger partial charge in [0.15, 0.2) is 0 Å². The summed E-state index contributed by atoms with van der Waals surface area (Å²) in [4.78, 5) is 36.2. The van der Waals surface area contributed by atoms with E-state index in [1.165, 1.54) is 12.1 Å². The molecule has 1 atom stereocenters. The van der Waals surface area contributed by atoms with Gasteiger partial charge in [-0.1, -0.05) is 12.1 Å². The van der Waals surface area contributed by atoms with Gasteiger partial charge < -0.3 is 15.8 Å². The number of ether oxygens (including phenoxy) is 1. The van der Waals surface area contributed by atoms with Crippen molar-refractivity contribution in [2.24, 2.45) is 5.73 Å². The maximum Gasteiger partial charge on any atom is 0.387 e. The summed E-state index contributed by atoms with van der Waals surface area (Å²) < 4.78 is 28.5. The van der Waals surface area contributed by atoms with Crippen molar-refractivity contribution in [1.82, 2.24) is 10.2 Å². The van der Waals surface area contributed by atoms with Gasteiger partial charge in [-0.25, -0.2) is 4.79 Å². The van der Waals surface area contributed by atoms with Crippen molar-refractivity contribution in [1.29, 1.82) is 0 Å². The number of urea groups is 1. The molecule has 4 amide bonds. The third-order valence-corrected chi connectivity index (χ3v) is 3.99. The summed E-state index contributed by atoms with van der Waals surface area (Å²) in [6.45, 7) is -1.34. The highest BCUT2D eigenvalue weighted by Gasteiger charge is 2.47. The number of hydrogen-bond acceptors (Lipinski definition) is 4. The smallest absolute Gasteiger partial charge is 0.387 e. The molecule has 0 spiro atoms. The van der Waals surface area contributed by atoms with Gasteiger partial charge in [0.2, 0.25) is 5.91 Å². The normalized spacial score (nSPS) is 20.1. The standard InChI is InChI=1S/C16H19F2N3O4/c1-16(13(23)21(15(24)20-16)9-7-12(19)22)8-6-10-2-4-11(5-3-10)25-14(17)18/h2-5,14H,6-9H2,1H3,(H2,19,22)(H,20,24). The van der Waals surface area contributed by atoms with E-state index < -0.39 is 30.0 Å². The van der Waals surface area contributed by atoms with Crippen LogP contribution in [-0.2, 0) is 16.0 Å². The summed E-state index contributed by atoms with van der Waals surface area (Å²) in [5.41, 5.74) is 4.76. The predicted octanol–water partition coefficient (Wildman–Crippen LogP) is 1.41. The van der Waals surface area contributed by atoms with E-state index in [0.717, 1.165) is 10.5 Å². The molecule has 7 nitrogen and oxygen atoms in total. The van der Waals surface area contributed by atoms with E-state index in [9.17, 15) is 23.2 Å². The number of nitrogens with one attached hydrogen (secondary N) is 1. The second kappa shape index (κ2) is 7.45. The second-order valence-corrected chi connectivity index (χ2v) is 5.96. The first-order valence-corrected chi connectivity index (χ1v) is 7.67. The highest BCUT2D eigenvalue weighted by atomic mass is 19.3. The maximum absolute atomic E-state index is 12.4. The van der Waals surface area contributed by atoms with Crippen LogP contribution in [0.3, 0.4) is 0 Å². The molecule has 0 aliphatic carbocycles. The number of nitrogens with two attached hydrogens (primary N) is 1. The number of aryl methyl sites for hydroxylation is 1. The minimum Gasteiger partial charge on any atom is -0.435 e. The predicted molar refractivity (Wildman–Crippen MR) is 83.9 cm³/mol. The van der Waals surface area contributed by atoms with Gasteiger partial charge in [0, 0.05) is 13.0 Å². The van der Waals surface area contributed by atoms with Gasteiger partial charge in [0.1, 0.15) is 11.3 Å². The van der Waals surface area contributed by atoms with E-state index in [1.807, 2.05) is 0 Å². The van der Waals surface area contributed by atoms with Crippen LogP contribution in [0.5, 0.6) is 5.75 Å². The number of primary amides is 1. The molecule has 1 aliphatic rings. The van der Waals surface area contributed by atoms with Crippen molar-refractivity contribution < 1.29 is 27.9 Å². The van der Waals surface area contributed by atoms with E-state index in [-0.39, 0.29) is 18.7 Å². The average molecular weight is 355 g/mol. The van der Waals surface area contributed by atoms with Gasteiger partial charge in [0.25, 0.3) is 5.91 Å². The van der Waals surface area contributed by atoms with Crippen LogP contribution in [0, 0.1) is 0 Å². The quantitative estimate of drug-likeness (QED) is 0.688. The Hall–Kier alpha value is -2.71. The minimum atomic E-state index is -2.89. The van der Waals surface area contributed by atoms with E-state index >= 15 is 0 Å². The first-order valence-electron chi connectivity index (χ1n) is 7.67. The Balaban J connectivity index is 1.96. The molecule has 1 aromatic carbocycles. The molecule has 2 rings (SSSR count). The van der Waals surface area contributed by atoms with Crippen LogP contribution in [0.25, 0.3) is 0 Å². The molecule has 0 aromatic heterocycles. The largest absolute Gasteiger partial charge is 0.435 e. The maximum atomic E-state index is 12.4. The van der Waals surface area contributed by atoms with E-state index in [0.29, 0.717) is 12.8 Å². The fraction of sp³-hybridized carbons (Fsp3) is 0.438. The highest BCUT2D eigenvalue weighted by molar-refractivity contribution is 6.07. The lowest BCUT2D eigenvalue weighted by atomic mass is 9.93. The summed E-state index contributed by atoms with van der Waals surface area (Å²) in [6.07, 6.45) is 0.668. The Morgan fingerprint density at radius 2 is 1.96 bits per heavy atom. The zero-order valence-corrected chi connectivity index (χ0v) is 13.6. The highest BCUT2D eigenvalue weighted by Crippen LogP contribution is 2.24. The summed E-state index contributed by atoms with van der Waals surface area (Å²) in [7, 11) is 0. The number of alkyl halides is 2. The van der Waals surface area contributed by atoms with Crippen LogP contribution in [0.1, 0.15) is 25.3 Å². The first kappa shape index (κ1) is 18.6. The van der Waals surface area contributed by atoms with Crippen molar-refractivity contribution in [3.8, 4) is 5.75 Å². The number of rotatable bonds is 8. The van der Waals surface area contributed by atoms with Gasteiger partial charge >= 0.3 is 12.6 Å². The molecule has 1 aliphatic heterocycles. The van der Waals surface area contributed by atoms with Crippen molar-refractivity contribution in [3.63, 3.8) is 0 Å². The zero-order chi connectivity index (χ0) is 18.6. The molecule has 1 aromatic rings. The molecule has 1 fully saturated rings. The molecule has 1 heterocycles. The van der Waals surface area contributed by atoms with Crippen LogP contribution < -0.4 is 15.8 Å². The third-order valence-electron chi connectivity index (χ3n) is 3.99. The molecule has 0 saturated carbocycles. The SMILES string of the molecule is CC1(CCc2ccc(OC(F)F)cc2)NC(=O)N(CCC(N)=O)C1=O. The van der Waals surface area contributed by atoms with Gasteiger partial charge in [-0.2, -0.15) is 8.78 Å². The Bertz CT molecular complexity index is 666. The topological polar surface area (TPSA) is 102 Å². The van der Waals surface area contributed by atoms with Gasteiger partial charge in [0.05, 0.1) is 0 Å². The molecule has 9 heteroatoms. The molecular weight excluding hydrogens is 336 g/mol. The lowest BCUT2D eigenvalue weighted by molar-refractivity contribution is -0.131. The molecule has 136 valence electrons. The Morgan fingerprint density at radius 3 is 2.52 bits per heavy atom. The van der Waals surface area contributed by atoms with Gasteiger partial charge in [-0.3, -0.25) is 14.5 Å². The van der Waals surface area contributed by atoms with Crippen molar-refractivity contribution in [3.05, 3.63) is 29.8 Å². The van der Waals surface area contributed by atoms with Crippen LogP contribution in [0.2, 0.25) is 0 Å². The van der Waals surface area contributed by atoms with Crippen molar-refractivity contribution >= 4 is 17.8 Å². The zero-order valence-electron chi connectivity index (χ0n) is 13.6. The monoisotopic (exact) mass is 355 g/mol. The van der Waals surface area contributed by atoms with Crippen molar-refractivity contribution in [2.75, 3.05) is 6.54 Å². The lowest BCUT2D eigenvalue weighted by Gasteiger charge is -2.21. The number of hydrogen-bond donors (Lipinski definition) is 2. The fourth-order valence-electron chi connectivity index (χ4n) is 2.57. The number of benzene rings is 1. The summed E-state index contributed by atoms with van der Waals surface area (Å²) >= 11 is 0. The Kier molecular flexibility index (Phi) is 5.55. The summed E-state index contributed by atoms with van der Waals surface area (Å²) in [5.74, 6) is -0.968. The van der Waals surface area contributed by atoms with Crippen LogP contribution >= 0.6 is 0 Å². The summed E-state index contributed by atoms with van der Waals surface area (Å²) in [6, 6.07) is 5.51. The molecule has 0 bridgehead atoms. The van der Waals surface area contributed by atoms with E-state index in [1.54, 1.807) is 19.1 Å². The Morgan fingerprint density at radius 1 is 1.32 bits per heavy atom. The van der Waals surface area contributed by atoms with Crippen molar-refractivity contribution in [2.45, 2.75) is 38.3 Å². The number of nitrogens with zero attached hydrogens (tertiary/aromatic N) is 1. The average Bonchev–Trinajstić information content (AvgIpc) is 2.74. The summed E-state index contributed by atoms with van der Waals surface area (Å²) in [5, 5.41) is 2.62. The van der Waals surface area contributed by atoms with Crippen LogP contribution in [-0.4, -0.2) is 41.4 Å². The number of carbonyl (C=O) groups is 3. The Labute approximate surface area is 143 Å². The number of imide groups is 1. The molecule has 25 heavy (non-hydrogen) atoms. The lowest BCUT2D eigenvalue weighted by Crippen LogP contribution is -2.44. The fourth-order valence-corrected chi connectivity index (χ4v) is 2.57. The molecular formula is C16H19F2N3O4. The second-order valence-electron chi connectivity index (χ2n) is 5.96. The van der Waals surface area contributed by atoms with Gasteiger partial charge in [-0.15, -0.1) is 0 Å². The molecule has 0 radical (unpaired) electrons. The third kappa shape index (κ3) is 4.65. The molecule has 1 unspecified atom stereocenters. The molecule has 3 N–H and O–H groups in total. The van der Waals surface area contributed by atoms with E-state index in [4.69, 9.17) is 5.73 Å². The van der Waals surface area contributed by atoms with Crippen LogP contribution in [0.15, 0.2) is 24.3 Å². The van der Waals surface area contributed by atoms with E-state index in [2.05, 4.69) is 10.1 Å². The number of carbonyl (C=O) groups excluding carboxylic acids is 3. The molecule has 1 saturated heterocycles. The number of amides is 4. The van der Waals surface area contributed by atoms with Gasteiger partial charge in [-0.05, 0) is 37.5 Å². The number of halogens is 2. The van der Waals surface area contributed by atoms with Crippen LogP contribution in [0.4, 0.5) is 13.6 Å². The minimum absolute atomic E-state index is 0.0489. The first-order chi connectivity index (χ1) is 11.7.